The maximum Gasteiger partial charge on any atom is 0.0650 e. The van der Waals surface area contributed by atoms with E-state index in [-0.39, 0.29) is 19.3 Å². The lowest BCUT2D eigenvalue weighted by Crippen LogP contribution is -2.52. The van der Waals surface area contributed by atoms with Crippen LogP contribution in [0.3, 0.4) is 0 Å². The predicted molar refractivity (Wildman–Crippen MR) is 72.9 cm³/mol. The second-order valence-corrected chi connectivity index (χ2v) is 5.29. The number of benzene rings is 1. The van der Waals surface area contributed by atoms with E-state index in [4.69, 9.17) is 0 Å². The van der Waals surface area contributed by atoms with E-state index in [1.165, 1.54) is 0 Å². The van der Waals surface area contributed by atoms with E-state index in [9.17, 15) is 10.2 Å². The summed E-state index contributed by atoms with van der Waals surface area (Å²) in [5.41, 5.74) is 0.515. The highest BCUT2D eigenvalue weighted by atomic mass is 79.9. The first kappa shape index (κ1) is 14.6. The Hall–Kier alpha value is -0.420. The van der Waals surface area contributed by atoms with Gasteiger partial charge in [-0.05, 0) is 31.0 Å². The van der Waals surface area contributed by atoms with Crippen LogP contribution in [0, 0.1) is 0 Å². The highest BCUT2D eigenvalue weighted by Gasteiger charge is 2.28. The summed E-state index contributed by atoms with van der Waals surface area (Å²) in [4.78, 5) is 0. The van der Waals surface area contributed by atoms with Crippen molar-refractivity contribution in [3.8, 4) is 0 Å². The number of rotatable bonds is 6. The van der Waals surface area contributed by atoms with Gasteiger partial charge in [-0.3, -0.25) is 0 Å². The Bertz CT molecular complexity index is 345. The second kappa shape index (κ2) is 6.50. The fourth-order valence-corrected chi connectivity index (χ4v) is 2.20. The molecule has 3 nitrogen and oxygen atoms in total. The summed E-state index contributed by atoms with van der Waals surface area (Å²) in [6.07, 6.45) is 0.679. The highest BCUT2D eigenvalue weighted by Crippen LogP contribution is 2.21. The summed E-state index contributed by atoms with van der Waals surface area (Å²) in [5, 5.41) is 22.1. The fourth-order valence-electron chi connectivity index (χ4n) is 1.79. The third kappa shape index (κ3) is 3.78. The molecule has 1 aromatic carbocycles. The molecule has 0 aliphatic rings. The van der Waals surface area contributed by atoms with Crippen molar-refractivity contribution < 1.29 is 10.2 Å². The van der Waals surface area contributed by atoms with Crippen LogP contribution in [0.4, 0.5) is 0 Å². The maximum absolute atomic E-state index is 9.40. The highest BCUT2D eigenvalue weighted by molar-refractivity contribution is 9.10. The molecular formula is C13H20BrNO2. The molecule has 0 amide bonds. The Morgan fingerprint density at radius 2 is 2.00 bits per heavy atom. The molecule has 1 rings (SSSR count). The average Bonchev–Trinajstić information content (AvgIpc) is 2.36. The molecule has 4 heteroatoms. The van der Waals surface area contributed by atoms with Crippen molar-refractivity contribution >= 4 is 15.9 Å². The van der Waals surface area contributed by atoms with Gasteiger partial charge in [-0.2, -0.15) is 0 Å². The van der Waals surface area contributed by atoms with Gasteiger partial charge < -0.3 is 15.5 Å². The summed E-state index contributed by atoms with van der Waals surface area (Å²) in [5.74, 6) is 0. The van der Waals surface area contributed by atoms with Gasteiger partial charge in [-0.25, -0.2) is 0 Å². The summed E-state index contributed by atoms with van der Waals surface area (Å²) < 4.78 is 1.03. The van der Waals surface area contributed by atoms with Crippen LogP contribution in [0.5, 0.6) is 0 Å². The molecule has 3 N–H and O–H groups in total. The Kier molecular flexibility index (Phi) is 5.59. The van der Waals surface area contributed by atoms with Crippen molar-refractivity contribution in [2.45, 2.75) is 31.8 Å². The molecule has 0 saturated heterocycles. The Morgan fingerprint density at radius 1 is 1.35 bits per heavy atom. The SMILES string of the molecule is CCC(CO)(CO)NC(C)c1cccc(Br)c1. The van der Waals surface area contributed by atoms with E-state index in [0.29, 0.717) is 6.42 Å². The summed E-state index contributed by atoms with van der Waals surface area (Å²) in [6.45, 7) is 3.83. The smallest absolute Gasteiger partial charge is 0.0650 e. The molecule has 0 aliphatic heterocycles. The lowest BCUT2D eigenvalue weighted by molar-refractivity contribution is 0.0793. The van der Waals surface area contributed by atoms with Crippen molar-refractivity contribution in [3.05, 3.63) is 34.3 Å². The van der Waals surface area contributed by atoms with E-state index in [1.54, 1.807) is 0 Å². The summed E-state index contributed by atoms with van der Waals surface area (Å²) in [6, 6.07) is 8.08. The Balaban J connectivity index is 2.80. The van der Waals surface area contributed by atoms with Gasteiger partial charge in [0, 0.05) is 10.5 Å². The minimum atomic E-state index is -0.609. The zero-order valence-corrected chi connectivity index (χ0v) is 11.9. The first-order valence-electron chi connectivity index (χ1n) is 5.82. The van der Waals surface area contributed by atoms with Crippen molar-refractivity contribution in [1.82, 2.24) is 5.32 Å². The van der Waals surface area contributed by atoms with Gasteiger partial charge in [0.25, 0.3) is 0 Å². The number of halogens is 1. The zero-order chi connectivity index (χ0) is 12.9. The topological polar surface area (TPSA) is 52.5 Å². The predicted octanol–water partition coefficient (Wildman–Crippen LogP) is 2.23. The fraction of sp³-hybridized carbons (Fsp3) is 0.538. The van der Waals surface area contributed by atoms with Crippen molar-refractivity contribution in [2.24, 2.45) is 0 Å². The minimum Gasteiger partial charge on any atom is -0.394 e. The first-order valence-corrected chi connectivity index (χ1v) is 6.61. The third-order valence-electron chi connectivity index (χ3n) is 3.15. The molecule has 96 valence electrons. The van der Waals surface area contributed by atoms with Crippen LogP contribution in [0.15, 0.2) is 28.7 Å². The standard InChI is InChI=1S/C13H20BrNO2/c1-3-13(8-16,9-17)15-10(2)11-5-4-6-12(14)7-11/h4-7,10,15-17H,3,8-9H2,1-2H3. The molecule has 17 heavy (non-hydrogen) atoms. The lowest BCUT2D eigenvalue weighted by atomic mass is 9.95. The Labute approximate surface area is 111 Å². The largest absolute Gasteiger partial charge is 0.394 e. The Morgan fingerprint density at radius 3 is 2.47 bits per heavy atom. The molecular weight excluding hydrogens is 282 g/mol. The molecule has 0 aromatic heterocycles. The van der Waals surface area contributed by atoms with Crippen LogP contribution in [0.2, 0.25) is 0 Å². The zero-order valence-electron chi connectivity index (χ0n) is 10.3. The number of aliphatic hydroxyl groups is 2. The molecule has 0 bridgehead atoms. The number of hydrogen-bond donors (Lipinski definition) is 3. The van der Waals surface area contributed by atoms with Crippen LogP contribution in [-0.2, 0) is 0 Å². The van der Waals surface area contributed by atoms with E-state index in [0.717, 1.165) is 10.0 Å². The van der Waals surface area contributed by atoms with Gasteiger partial charge in [0.05, 0.1) is 18.8 Å². The van der Waals surface area contributed by atoms with E-state index >= 15 is 0 Å². The quantitative estimate of drug-likeness (QED) is 0.755. The van der Waals surface area contributed by atoms with Crippen LogP contribution in [0.25, 0.3) is 0 Å². The molecule has 0 fully saturated rings. The normalized spacial score (nSPS) is 13.7. The minimum absolute atomic E-state index is 0.0711. The van der Waals surface area contributed by atoms with Gasteiger partial charge in [-0.15, -0.1) is 0 Å². The molecule has 1 atom stereocenters. The summed E-state index contributed by atoms with van der Waals surface area (Å²) >= 11 is 3.43. The van der Waals surface area contributed by atoms with Gasteiger partial charge in [0.2, 0.25) is 0 Å². The van der Waals surface area contributed by atoms with Crippen LogP contribution >= 0.6 is 15.9 Å². The van der Waals surface area contributed by atoms with E-state index < -0.39 is 5.54 Å². The maximum atomic E-state index is 9.40. The second-order valence-electron chi connectivity index (χ2n) is 4.37. The molecule has 0 heterocycles. The number of aliphatic hydroxyl groups excluding tert-OH is 2. The van der Waals surface area contributed by atoms with E-state index in [1.807, 2.05) is 38.1 Å². The molecule has 0 saturated carbocycles. The van der Waals surface area contributed by atoms with Crippen LogP contribution in [0.1, 0.15) is 31.9 Å². The third-order valence-corrected chi connectivity index (χ3v) is 3.65. The first-order chi connectivity index (χ1) is 8.06. The van der Waals surface area contributed by atoms with Crippen molar-refractivity contribution in [3.63, 3.8) is 0 Å². The molecule has 0 aliphatic carbocycles. The number of hydrogen-bond acceptors (Lipinski definition) is 3. The van der Waals surface area contributed by atoms with Crippen LogP contribution in [-0.4, -0.2) is 29.0 Å². The van der Waals surface area contributed by atoms with Gasteiger partial charge in [0.15, 0.2) is 0 Å². The molecule has 1 unspecified atom stereocenters. The van der Waals surface area contributed by atoms with Gasteiger partial charge >= 0.3 is 0 Å². The number of nitrogens with one attached hydrogen (secondary N) is 1. The van der Waals surface area contributed by atoms with E-state index in [2.05, 4.69) is 21.2 Å². The van der Waals surface area contributed by atoms with Crippen molar-refractivity contribution in [1.29, 1.82) is 0 Å². The van der Waals surface area contributed by atoms with Crippen molar-refractivity contribution in [2.75, 3.05) is 13.2 Å². The average molecular weight is 302 g/mol. The van der Waals surface area contributed by atoms with Gasteiger partial charge in [0.1, 0.15) is 0 Å². The molecule has 1 aromatic rings. The molecule has 0 radical (unpaired) electrons. The van der Waals surface area contributed by atoms with Gasteiger partial charge in [-0.1, -0.05) is 35.0 Å². The summed E-state index contributed by atoms with van der Waals surface area (Å²) in [7, 11) is 0. The monoisotopic (exact) mass is 301 g/mol. The molecule has 0 spiro atoms. The lowest BCUT2D eigenvalue weighted by Gasteiger charge is -2.33. The van der Waals surface area contributed by atoms with Crippen LogP contribution < -0.4 is 5.32 Å².